The number of piperidine rings is 2. The second-order valence-corrected chi connectivity index (χ2v) is 12.7. The summed E-state index contributed by atoms with van der Waals surface area (Å²) < 4.78 is 20.6. The van der Waals surface area contributed by atoms with Gasteiger partial charge in [0.05, 0.1) is 11.8 Å². The van der Waals surface area contributed by atoms with Crippen molar-refractivity contribution in [3.8, 4) is 11.5 Å². The number of anilines is 1. The van der Waals surface area contributed by atoms with Crippen molar-refractivity contribution >= 4 is 17.8 Å². The Hall–Kier alpha value is -3.47. The summed E-state index contributed by atoms with van der Waals surface area (Å²) in [5.74, 6) is 1.18. The summed E-state index contributed by atoms with van der Waals surface area (Å²) in [4.78, 5) is 41.4. The Kier molecular flexibility index (Phi) is 8.86. The van der Waals surface area contributed by atoms with Crippen molar-refractivity contribution < 1.29 is 23.8 Å². The lowest BCUT2D eigenvalue weighted by atomic mass is 9.72. The second-order valence-electron chi connectivity index (χ2n) is 12.7. The van der Waals surface area contributed by atoms with Gasteiger partial charge in [0, 0.05) is 50.2 Å². The molecule has 2 amide bonds. The van der Waals surface area contributed by atoms with E-state index in [2.05, 4.69) is 19.8 Å². The number of halogens is 1. The Labute approximate surface area is 247 Å². The van der Waals surface area contributed by atoms with E-state index in [9.17, 15) is 19.1 Å². The highest BCUT2D eigenvalue weighted by atomic mass is 19.1. The highest BCUT2D eigenvalue weighted by molar-refractivity contribution is 5.97. The minimum atomic E-state index is -0.810. The topological polar surface area (TPSA) is 102 Å². The van der Waals surface area contributed by atoms with Crippen LogP contribution in [0.4, 0.5) is 15.0 Å². The molecule has 0 unspecified atom stereocenters. The summed E-state index contributed by atoms with van der Waals surface area (Å²) in [5, 5.41) is 9.20. The van der Waals surface area contributed by atoms with Gasteiger partial charge in [-0.1, -0.05) is 0 Å². The lowest BCUT2D eigenvalue weighted by Crippen LogP contribution is -2.61. The van der Waals surface area contributed by atoms with Crippen molar-refractivity contribution in [2.75, 3.05) is 50.7 Å². The molecule has 0 radical (unpaired) electrons. The molecule has 3 saturated heterocycles. The van der Waals surface area contributed by atoms with Gasteiger partial charge in [-0.2, -0.15) is 0 Å². The van der Waals surface area contributed by atoms with Crippen molar-refractivity contribution in [3.05, 3.63) is 42.1 Å². The second kappa shape index (κ2) is 12.4. The molecule has 1 aromatic carbocycles. The molecular weight excluding hydrogens is 539 g/mol. The number of aromatic nitrogens is 2. The fraction of sp³-hybridized carbons (Fsp3) is 0.613. The van der Waals surface area contributed by atoms with Gasteiger partial charge in [0.25, 0.3) is 5.91 Å². The summed E-state index contributed by atoms with van der Waals surface area (Å²) in [7, 11) is 0. The molecule has 1 aromatic heterocycles. The molecule has 0 aliphatic carbocycles. The van der Waals surface area contributed by atoms with Crippen molar-refractivity contribution in [3.63, 3.8) is 0 Å². The van der Waals surface area contributed by atoms with Gasteiger partial charge >= 0.3 is 6.09 Å². The monoisotopic (exact) mass is 582 g/mol. The average Bonchev–Trinajstić information content (AvgIpc) is 2.93. The number of likely N-dealkylation sites (tertiary alicyclic amines) is 2. The Morgan fingerprint density at radius 2 is 1.74 bits per heavy atom. The van der Waals surface area contributed by atoms with Crippen molar-refractivity contribution in [2.45, 2.75) is 65.5 Å². The zero-order valence-electron chi connectivity index (χ0n) is 25.1. The molecule has 3 aliphatic rings. The maximum Gasteiger partial charge on any atom is 0.407 e. The number of nitrogens with zero attached hydrogens (tertiary/aromatic N) is 6. The standard InChI is InChI=1S/C31H43FN6O4/c1-21(2)38(22(3)4)29(39)25-15-24(32)5-6-26(25)42-27-16-33-20-34-28(27)37-18-31(19-37)9-13-35(14-10-31)17-23-7-11-36(12-8-23)30(40)41/h5-6,15-16,20-23H,7-14,17-19H2,1-4H3,(H,40,41). The predicted octanol–water partition coefficient (Wildman–Crippen LogP) is 4.96. The fourth-order valence-electron chi connectivity index (χ4n) is 6.81. The van der Waals surface area contributed by atoms with Crippen LogP contribution in [0.3, 0.4) is 0 Å². The molecular formula is C31H43FN6O4. The molecule has 0 atom stereocenters. The van der Waals surface area contributed by atoms with Gasteiger partial charge in [-0.05, 0) is 90.6 Å². The van der Waals surface area contributed by atoms with E-state index in [0.29, 0.717) is 30.6 Å². The number of carbonyl (C=O) groups is 2. The number of carboxylic acid groups (broad SMARTS) is 1. The molecule has 0 bridgehead atoms. The first kappa shape index (κ1) is 30.0. The highest BCUT2D eigenvalue weighted by Gasteiger charge is 2.46. The maximum absolute atomic E-state index is 14.3. The summed E-state index contributed by atoms with van der Waals surface area (Å²) in [5.41, 5.74) is 0.408. The summed E-state index contributed by atoms with van der Waals surface area (Å²) in [6.45, 7) is 13.9. The van der Waals surface area contributed by atoms with Crippen molar-refractivity contribution in [1.82, 2.24) is 24.7 Å². The lowest BCUT2D eigenvalue weighted by molar-refractivity contribution is 0.0565. The van der Waals surface area contributed by atoms with Gasteiger partial charge in [-0.25, -0.2) is 19.2 Å². The number of carbonyl (C=O) groups excluding carboxylic acids is 1. The van der Waals surface area contributed by atoms with Crippen LogP contribution in [-0.4, -0.2) is 99.7 Å². The Bertz CT molecular complexity index is 1260. The van der Waals surface area contributed by atoms with E-state index >= 15 is 0 Å². The van der Waals surface area contributed by atoms with Gasteiger partial charge in [0.15, 0.2) is 11.6 Å². The molecule has 0 saturated carbocycles. The van der Waals surface area contributed by atoms with Crippen LogP contribution < -0.4 is 9.64 Å². The van der Waals surface area contributed by atoms with E-state index in [1.807, 2.05) is 27.7 Å². The number of ether oxygens (including phenoxy) is 1. The van der Waals surface area contributed by atoms with E-state index in [0.717, 1.165) is 58.4 Å². The number of hydrogen-bond donors (Lipinski definition) is 1. The van der Waals surface area contributed by atoms with Gasteiger partial charge in [0.2, 0.25) is 0 Å². The van der Waals surface area contributed by atoms with Crippen LogP contribution in [0, 0.1) is 17.2 Å². The van der Waals surface area contributed by atoms with Gasteiger partial charge in [0.1, 0.15) is 17.9 Å². The number of rotatable bonds is 8. The average molecular weight is 583 g/mol. The first-order chi connectivity index (χ1) is 20.0. The third-order valence-electron chi connectivity index (χ3n) is 9.07. The van der Waals surface area contributed by atoms with Crippen LogP contribution in [-0.2, 0) is 0 Å². The lowest BCUT2D eigenvalue weighted by Gasteiger charge is -2.54. The first-order valence-corrected chi connectivity index (χ1v) is 15.1. The predicted molar refractivity (Wildman–Crippen MR) is 158 cm³/mol. The summed E-state index contributed by atoms with van der Waals surface area (Å²) in [6, 6.07) is 3.92. The normalized spacial score (nSPS) is 19.3. The van der Waals surface area contributed by atoms with E-state index in [4.69, 9.17) is 4.74 Å². The highest BCUT2D eigenvalue weighted by Crippen LogP contribution is 2.45. The van der Waals surface area contributed by atoms with Gasteiger partial charge in [-0.3, -0.25) is 4.79 Å². The minimum Gasteiger partial charge on any atom is -0.465 e. The Morgan fingerprint density at radius 1 is 1.07 bits per heavy atom. The van der Waals surface area contributed by atoms with Crippen LogP contribution in [0.1, 0.15) is 63.7 Å². The molecule has 1 N–H and O–H groups in total. The quantitative estimate of drug-likeness (QED) is 0.466. The zero-order valence-corrected chi connectivity index (χ0v) is 25.1. The number of amides is 2. The largest absolute Gasteiger partial charge is 0.465 e. The minimum absolute atomic E-state index is 0.0575. The van der Waals surface area contributed by atoms with Crippen LogP contribution in [0.15, 0.2) is 30.7 Å². The van der Waals surface area contributed by atoms with Crippen LogP contribution in [0.25, 0.3) is 0 Å². The van der Waals surface area contributed by atoms with E-state index in [-0.39, 0.29) is 34.7 Å². The van der Waals surface area contributed by atoms with Crippen LogP contribution >= 0.6 is 0 Å². The number of hydrogen-bond acceptors (Lipinski definition) is 7. The van der Waals surface area contributed by atoms with E-state index < -0.39 is 11.9 Å². The molecule has 1 spiro atoms. The van der Waals surface area contributed by atoms with E-state index in [1.165, 1.54) is 29.4 Å². The van der Waals surface area contributed by atoms with Gasteiger partial charge in [-0.15, -0.1) is 0 Å². The van der Waals surface area contributed by atoms with Crippen molar-refractivity contribution in [2.24, 2.45) is 11.3 Å². The van der Waals surface area contributed by atoms with Crippen molar-refractivity contribution in [1.29, 1.82) is 0 Å². The SMILES string of the molecule is CC(C)N(C(=O)c1cc(F)ccc1Oc1cncnc1N1CC2(CCN(CC3CCN(C(=O)O)CC3)CC2)C1)C(C)C. The first-order valence-electron chi connectivity index (χ1n) is 15.1. The molecule has 10 nitrogen and oxygen atoms in total. The van der Waals surface area contributed by atoms with Crippen LogP contribution in [0.5, 0.6) is 11.5 Å². The third-order valence-corrected chi connectivity index (χ3v) is 9.07. The summed E-state index contributed by atoms with van der Waals surface area (Å²) in [6.07, 6.45) is 6.38. The maximum atomic E-state index is 14.3. The number of benzene rings is 1. The van der Waals surface area contributed by atoms with Crippen LogP contribution in [0.2, 0.25) is 0 Å². The molecule has 3 aliphatic heterocycles. The fourth-order valence-corrected chi connectivity index (χ4v) is 6.81. The smallest absolute Gasteiger partial charge is 0.407 e. The molecule has 4 heterocycles. The Morgan fingerprint density at radius 3 is 2.36 bits per heavy atom. The molecule has 228 valence electrons. The molecule has 2 aromatic rings. The molecule has 42 heavy (non-hydrogen) atoms. The molecule has 11 heteroatoms. The summed E-state index contributed by atoms with van der Waals surface area (Å²) >= 11 is 0. The van der Waals surface area contributed by atoms with E-state index in [1.54, 1.807) is 11.1 Å². The molecule has 5 rings (SSSR count). The zero-order chi connectivity index (χ0) is 30.0. The molecule has 3 fully saturated rings. The third kappa shape index (κ3) is 6.45. The van der Waals surface area contributed by atoms with Gasteiger partial charge < -0.3 is 29.4 Å². The Balaban J connectivity index is 1.21.